The van der Waals surface area contributed by atoms with Gasteiger partial charge in [0.25, 0.3) is 0 Å². The summed E-state index contributed by atoms with van der Waals surface area (Å²) in [5, 5.41) is 0. The number of hydrogen-bond donors (Lipinski definition) is 0. The Morgan fingerprint density at radius 2 is 2.13 bits per heavy atom. The normalized spacial score (nSPS) is 11.1. The number of benzene rings is 1. The van der Waals surface area contributed by atoms with Crippen LogP contribution in [0.3, 0.4) is 0 Å². The summed E-state index contributed by atoms with van der Waals surface area (Å²) in [6.07, 6.45) is 0.156. The van der Waals surface area contributed by atoms with Gasteiger partial charge in [-0.1, -0.05) is 0 Å². The van der Waals surface area contributed by atoms with E-state index in [2.05, 4.69) is 6.07 Å². The van der Waals surface area contributed by atoms with Gasteiger partial charge >= 0.3 is 23.1 Å². The van der Waals surface area contributed by atoms with Gasteiger partial charge < -0.3 is 26.5 Å². The molecule has 0 N–H and O–H groups in total. The molecule has 1 aromatic carbocycles. The van der Waals surface area contributed by atoms with Crippen molar-refractivity contribution in [3.63, 3.8) is 0 Å². The van der Waals surface area contributed by atoms with Gasteiger partial charge in [0.1, 0.15) is 0 Å². The first-order valence-corrected chi connectivity index (χ1v) is 4.39. The summed E-state index contributed by atoms with van der Waals surface area (Å²) in [5.41, 5.74) is 1.07. The molecule has 2 nitrogen and oxygen atoms in total. The van der Waals surface area contributed by atoms with Crippen molar-refractivity contribution in [1.82, 2.24) is 0 Å². The molecular formula is C11H15BrMgO2. The molecule has 0 amide bonds. The monoisotopic (exact) mass is 282 g/mol. The predicted octanol–water partition coefficient (Wildman–Crippen LogP) is -1.34. The Morgan fingerprint density at radius 1 is 1.40 bits per heavy atom. The minimum atomic E-state index is 0. The summed E-state index contributed by atoms with van der Waals surface area (Å²) < 4.78 is 10.5. The first-order chi connectivity index (χ1) is 6.33. The van der Waals surface area contributed by atoms with E-state index in [0.717, 1.165) is 5.56 Å². The summed E-state index contributed by atoms with van der Waals surface area (Å²) in [7, 11) is 1.68. The van der Waals surface area contributed by atoms with E-state index in [1.54, 1.807) is 7.11 Å². The second-order valence-corrected chi connectivity index (χ2v) is 2.95. The molecule has 0 aliphatic rings. The molecular weight excluding hydrogens is 268 g/mol. The van der Waals surface area contributed by atoms with Gasteiger partial charge in [-0.2, -0.15) is 30.3 Å². The second kappa shape index (κ2) is 10.9. The van der Waals surface area contributed by atoms with E-state index in [9.17, 15) is 0 Å². The molecule has 0 aliphatic heterocycles. The molecule has 0 unspecified atom stereocenters. The first kappa shape index (κ1) is 17.8. The molecule has 80 valence electrons. The molecule has 0 heterocycles. The average Bonchev–Trinajstić information content (AvgIpc) is 2.19. The Hall–Kier alpha value is 0.386. The standard InChI is InChI=1S/C11H15O2.BrH.Mg/c1-10(12-2)8-13-9-11-6-4-3-5-7-11;;/h3-6,10H,8-9H2,1-2H3;1H;/q-1;;+2/p-1/t10-;;/m0../s1. The summed E-state index contributed by atoms with van der Waals surface area (Å²) in [4.78, 5) is 0. The Kier molecular flexibility index (Phi) is 12.9. The zero-order valence-electron chi connectivity index (χ0n) is 9.20. The van der Waals surface area contributed by atoms with Crippen molar-refractivity contribution in [3.05, 3.63) is 35.9 Å². The minimum Gasteiger partial charge on any atom is -1.00 e. The molecule has 0 fully saturated rings. The van der Waals surface area contributed by atoms with E-state index >= 15 is 0 Å². The summed E-state index contributed by atoms with van der Waals surface area (Å²) >= 11 is 0. The van der Waals surface area contributed by atoms with E-state index in [4.69, 9.17) is 9.47 Å². The molecule has 15 heavy (non-hydrogen) atoms. The molecule has 0 radical (unpaired) electrons. The van der Waals surface area contributed by atoms with E-state index in [1.165, 1.54) is 0 Å². The molecule has 0 spiro atoms. The number of halogens is 1. The van der Waals surface area contributed by atoms with Crippen LogP contribution in [0.15, 0.2) is 24.3 Å². The second-order valence-electron chi connectivity index (χ2n) is 2.95. The third-order valence-corrected chi connectivity index (χ3v) is 1.79. The van der Waals surface area contributed by atoms with Crippen molar-refractivity contribution in [2.45, 2.75) is 19.6 Å². The average molecular weight is 283 g/mol. The van der Waals surface area contributed by atoms with Gasteiger partial charge in [-0.15, -0.1) is 5.56 Å². The van der Waals surface area contributed by atoms with Gasteiger partial charge in [0.05, 0.1) is 12.7 Å². The van der Waals surface area contributed by atoms with Crippen LogP contribution >= 0.6 is 0 Å². The van der Waals surface area contributed by atoms with Gasteiger partial charge in [-0.05, 0) is 6.92 Å². The van der Waals surface area contributed by atoms with Crippen LogP contribution in [0.5, 0.6) is 0 Å². The number of rotatable bonds is 5. The fourth-order valence-corrected chi connectivity index (χ4v) is 0.923. The van der Waals surface area contributed by atoms with Crippen LogP contribution in [-0.4, -0.2) is 42.9 Å². The molecule has 4 heteroatoms. The van der Waals surface area contributed by atoms with E-state index < -0.39 is 0 Å². The molecule has 0 aliphatic carbocycles. The van der Waals surface area contributed by atoms with Gasteiger partial charge in [-0.25, -0.2) is 0 Å². The van der Waals surface area contributed by atoms with Gasteiger partial charge in [0.2, 0.25) is 0 Å². The Bertz CT molecular complexity index is 231. The van der Waals surface area contributed by atoms with Crippen LogP contribution in [0.2, 0.25) is 0 Å². The molecule has 1 aromatic rings. The Morgan fingerprint density at radius 3 is 2.67 bits per heavy atom. The smallest absolute Gasteiger partial charge is 1.00 e. The third kappa shape index (κ3) is 8.22. The minimum absolute atomic E-state index is 0. The maximum Gasteiger partial charge on any atom is 2.00 e. The van der Waals surface area contributed by atoms with Crippen molar-refractivity contribution >= 4 is 23.1 Å². The summed E-state index contributed by atoms with van der Waals surface area (Å²) in [5.74, 6) is 0. The van der Waals surface area contributed by atoms with Crippen LogP contribution in [-0.2, 0) is 16.1 Å². The van der Waals surface area contributed by atoms with Crippen molar-refractivity contribution in [2.24, 2.45) is 0 Å². The predicted molar refractivity (Wildman–Crippen MR) is 57.2 cm³/mol. The van der Waals surface area contributed by atoms with Gasteiger partial charge in [0, 0.05) is 13.7 Å². The fourth-order valence-electron chi connectivity index (χ4n) is 0.923. The topological polar surface area (TPSA) is 18.5 Å². The molecule has 1 atom stereocenters. The number of methoxy groups -OCH3 is 1. The van der Waals surface area contributed by atoms with E-state index in [-0.39, 0.29) is 46.1 Å². The Labute approximate surface area is 118 Å². The van der Waals surface area contributed by atoms with Gasteiger partial charge in [0.15, 0.2) is 0 Å². The number of ether oxygens (including phenoxy) is 2. The molecule has 0 saturated carbocycles. The first-order valence-electron chi connectivity index (χ1n) is 4.39. The number of hydrogen-bond acceptors (Lipinski definition) is 2. The van der Waals surface area contributed by atoms with Crippen LogP contribution in [0, 0.1) is 6.07 Å². The van der Waals surface area contributed by atoms with Gasteiger partial charge in [-0.3, -0.25) is 0 Å². The largest absolute Gasteiger partial charge is 2.00 e. The summed E-state index contributed by atoms with van der Waals surface area (Å²) in [6.45, 7) is 3.21. The van der Waals surface area contributed by atoms with Crippen molar-refractivity contribution < 1.29 is 26.5 Å². The van der Waals surface area contributed by atoms with Crippen molar-refractivity contribution in [3.8, 4) is 0 Å². The molecule has 0 aromatic heterocycles. The zero-order valence-corrected chi connectivity index (χ0v) is 12.2. The maximum atomic E-state index is 5.42. The fraction of sp³-hybridized carbons (Fsp3) is 0.455. The molecule has 1 rings (SSSR count). The van der Waals surface area contributed by atoms with Crippen LogP contribution in [0.4, 0.5) is 0 Å². The van der Waals surface area contributed by atoms with Crippen LogP contribution in [0.1, 0.15) is 12.5 Å². The van der Waals surface area contributed by atoms with Crippen LogP contribution in [0.25, 0.3) is 0 Å². The quantitative estimate of drug-likeness (QED) is 0.492. The Balaban J connectivity index is 0. The molecule has 0 saturated heterocycles. The van der Waals surface area contributed by atoms with Crippen molar-refractivity contribution in [1.29, 1.82) is 0 Å². The zero-order chi connectivity index (χ0) is 9.52. The van der Waals surface area contributed by atoms with Crippen molar-refractivity contribution in [2.75, 3.05) is 13.7 Å². The van der Waals surface area contributed by atoms with Crippen LogP contribution < -0.4 is 17.0 Å². The molecule has 0 bridgehead atoms. The SMILES string of the molecule is CO[C@@H](C)COCc1[c-]cccc1.[Br-].[Mg+2]. The summed E-state index contributed by atoms with van der Waals surface area (Å²) in [6, 6.07) is 10.9. The maximum absolute atomic E-state index is 5.42. The van der Waals surface area contributed by atoms with E-state index in [1.807, 2.05) is 31.2 Å². The third-order valence-electron chi connectivity index (χ3n) is 1.79. The van der Waals surface area contributed by atoms with E-state index in [0.29, 0.717) is 13.2 Å².